The van der Waals surface area contributed by atoms with Crippen molar-refractivity contribution in [1.82, 2.24) is 10.2 Å². The molecular formula is C17H34N2O3S. The molecule has 1 aliphatic rings. The zero-order chi connectivity index (χ0) is 17.5. The smallest absolute Gasteiger partial charge is 0.410 e. The highest BCUT2D eigenvalue weighted by Crippen LogP contribution is 2.23. The van der Waals surface area contributed by atoms with E-state index in [-0.39, 0.29) is 12.1 Å². The molecule has 1 fully saturated rings. The molecule has 0 saturated carbocycles. The van der Waals surface area contributed by atoms with Gasteiger partial charge in [-0.2, -0.15) is 0 Å². The second kappa shape index (κ2) is 9.62. The number of nitrogens with one attached hydrogen (secondary N) is 1. The van der Waals surface area contributed by atoms with Crippen LogP contribution in [-0.4, -0.2) is 58.0 Å². The van der Waals surface area contributed by atoms with Gasteiger partial charge in [-0.3, -0.25) is 4.21 Å². The average molecular weight is 347 g/mol. The standard InChI is InChI=1S/C17H34N2O3S/c1-14(18-10-8-12-23(5)21)13-15-9-6-7-11-19(15)16(20)22-17(2,3)4/h14-15,18H,6-13H2,1-5H3. The van der Waals surface area contributed by atoms with Crippen molar-refractivity contribution >= 4 is 16.9 Å². The van der Waals surface area contributed by atoms with Crippen LogP contribution < -0.4 is 5.32 Å². The van der Waals surface area contributed by atoms with Crippen LogP contribution in [0.4, 0.5) is 4.79 Å². The van der Waals surface area contributed by atoms with E-state index in [9.17, 15) is 9.00 Å². The van der Waals surface area contributed by atoms with Gasteiger partial charge in [-0.05, 0) is 66.3 Å². The van der Waals surface area contributed by atoms with Crippen molar-refractivity contribution in [1.29, 1.82) is 0 Å². The summed E-state index contributed by atoms with van der Waals surface area (Å²) < 4.78 is 16.6. The molecule has 136 valence electrons. The Balaban J connectivity index is 2.44. The van der Waals surface area contributed by atoms with Gasteiger partial charge in [0.25, 0.3) is 0 Å². The van der Waals surface area contributed by atoms with Gasteiger partial charge in [0.15, 0.2) is 0 Å². The molecule has 3 unspecified atom stereocenters. The average Bonchev–Trinajstić information content (AvgIpc) is 2.42. The molecule has 3 atom stereocenters. The Kier molecular flexibility index (Phi) is 8.54. The van der Waals surface area contributed by atoms with Crippen LogP contribution >= 0.6 is 0 Å². The van der Waals surface area contributed by atoms with Gasteiger partial charge < -0.3 is 15.0 Å². The van der Waals surface area contributed by atoms with Crippen LogP contribution in [-0.2, 0) is 15.5 Å². The molecule has 1 saturated heterocycles. The number of carbonyl (C=O) groups excluding carboxylic acids is 1. The number of carbonyl (C=O) groups is 1. The van der Waals surface area contributed by atoms with E-state index in [0.29, 0.717) is 6.04 Å². The number of likely N-dealkylation sites (tertiary alicyclic amines) is 1. The third kappa shape index (κ3) is 8.70. The highest BCUT2D eigenvalue weighted by molar-refractivity contribution is 7.84. The van der Waals surface area contributed by atoms with Gasteiger partial charge in [-0.25, -0.2) is 4.79 Å². The molecule has 0 aliphatic carbocycles. The van der Waals surface area contributed by atoms with Crippen LogP contribution in [0.1, 0.15) is 59.8 Å². The molecule has 0 aromatic rings. The largest absolute Gasteiger partial charge is 0.444 e. The van der Waals surface area contributed by atoms with Crippen molar-refractivity contribution in [2.45, 2.75) is 77.5 Å². The molecular weight excluding hydrogens is 312 g/mol. The normalized spacial score (nSPS) is 21.8. The predicted octanol–water partition coefficient (Wildman–Crippen LogP) is 2.91. The minimum Gasteiger partial charge on any atom is -0.444 e. The summed E-state index contributed by atoms with van der Waals surface area (Å²) in [5.74, 6) is 0.743. The van der Waals surface area contributed by atoms with Crippen molar-refractivity contribution in [2.24, 2.45) is 0 Å². The number of amides is 1. The number of ether oxygens (including phenoxy) is 1. The molecule has 0 spiro atoms. The van der Waals surface area contributed by atoms with Crippen molar-refractivity contribution < 1.29 is 13.7 Å². The van der Waals surface area contributed by atoms with E-state index in [1.54, 1.807) is 6.26 Å². The Morgan fingerprint density at radius 3 is 2.70 bits per heavy atom. The summed E-state index contributed by atoms with van der Waals surface area (Å²) in [5.41, 5.74) is -0.446. The zero-order valence-electron chi connectivity index (χ0n) is 15.4. The number of hydrogen-bond acceptors (Lipinski definition) is 4. The van der Waals surface area contributed by atoms with E-state index >= 15 is 0 Å². The first kappa shape index (κ1) is 20.4. The first-order valence-electron chi connectivity index (χ1n) is 8.72. The molecule has 0 bridgehead atoms. The maximum Gasteiger partial charge on any atom is 0.410 e. The second-order valence-electron chi connectivity index (χ2n) is 7.55. The third-order valence-electron chi connectivity index (χ3n) is 3.98. The molecule has 0 aromatic heterocycles. The molecule has 23 heavy (non-hydrogen) atoms. The van der Waals surface area contributed by atoms with E-state index in [2.05, 4.69) is 12.2 Å². The number of nitrogens with zero attached hydrogens (tertiary/aromatic N) is 1. The van der Waals surface area contributed by atoms with Gasteiger partial charge in [-0.15, -0.1) is 0 Å². The number of rotatable bonds is 7. The van der Waals surface area contributed by atoms with Gasteiger partial charge in [0, 0.05) is 41.4 Å². The Morgan fingerprint density at radius 2 is 2.09 bits per heavy atom. The summed E-state index contributed by atoms with van der Waals surface area (Å²) in [7, 11) is -0.718. The highest BCUT2D eigenvalue weighted by Gasteiger charge is 2.31. The van der Waals surface area contributed by atoms with Gasteiger partial charge in [0.1, 0.15) is 5.60 Å². The summed E-state index contributed by atoms with van der Waals surface area (Å²) in [5, 5.41) is 3.48. The summed E-state index contributed by atoms with van der Waals surface area (Å²) in [6.07, 6.45) is 6.69. The van der Waals surface area contributed by atoms with Crippen molar-refractivity contribution in [3.8, 4) is 0 Å². The molecule has 1 heterocycles. The van der Waals surface area contributed by atoms with Crippen LogP contribution in [0.25, 0.3) is 0 Å². The van der Waals surface area contributed by atoms with Crippen LogP contribution in [0, 0.1) is 0 Å². The SMILES string of the molecule is CC(CC1CCCCN1C(=O)OC(C)(C)C)NCCCS(C)=O. The zero-order valence-corrected chi connectivity index (χ0v) is 16.2. The van der Waals surface area contributed by atoms with E-state index < -0.39 is 16.4 Å². The maximum absolute atomic E-state index is 12.4. The Bertz CT molecular complexity index is 396. The van der Waals surface area contributed by atoms with Crippen molar-refractivity contribution in [3.63, 3.8) is 0 Å². The molecule has 1 rings (SSSR count). The molecule has 6 heteroatoms. The lowest BCUT2D eigenvalue weighted by Crippen LogP contribution is -2.48. The van der Waals surface area contributed by atoms with Crippen LogP contribution in [0.3, 0.4) is 0 Å². The Labute approximate surface area is 144 Å². The lowest BCUT2D eigenvalue weighted by molar-refractivity contribution is 0.00792. The van der Waals surface area contributed by atoms with Gasteiger partial charge in [0.2, 0.25) is 0 Å². The van der Waals surface area contributed by atoms with Crippen LogP contribution in [0.2, 0.25) is 0 Å². The third-order valence-corrected chi connectivity index (χ3v) is 4.85. The first-order valence-corrected chi connectivity index (χ1v) is 10.4. The molecule has 1 amide bonds. The monoisotopic (exact) mass is 346 g/mol. The number of hydrogen-bond donors (Lipinski definition) is 1. The maximum atomic E-state index is 12.4. The lowest BCUT2D eigenvalue weighted by Gasteiger charge is -2.38. The fourth-order valence-electron chi connectivity index (χ4n) is 2.92. The quantitative estimate of drug-likeness (QED) is 0.720. The van der Waals surface area contributed by atoms with Crippen molar-refractivity contribution in [2.75, 3.05) is 25.1 Å². The lowest BCUT2D eigenvalue weighted by atomic mass is 9.96. The minimum atomic E-state index is -0.718. The van der Waals surface area contributed by atoms with Gasteiger partial charge in [-0.1, -0.05) is 0 Å². The van der Waals surface area contributed by atoms with Gasteiger partial charge in [0.05, 0.1) is 0 Å². The van der Waals surface area contributed by atoms with E-state index in [1.807, 2.05) is 25.7 Å². The molecule has 0 radical (unpaired) electrons. The predicted molar refractivity (Wildman–Crippen MR) is 96.2 cm³/mol. The summed E-state index contributed by atoms with van der Waals surface area (Å²) in [4.78, 5) is 14.3. The van der Waals surface area contributed by atoms with Crippen LogP contribution in [0.15, 0.2) is 0 Å². The second-order valence-corrected chi connectivity index (χ2v) is 9.10. The fourth-order valence-corrected chi connectivity index (χ4v) is 3.47. The summed E-state index contributed by atoms with van der Waals surface area (Å²) in [6.45, 7) is 9.55. The summed E-state index contributed by atoms with van der Waals surface area (Å²) >= 11 is 0. The molecule has 1 N–H and O–H groups in total. The van der Waals surface area contributed by atoms with Crippen LogP contribution in [0.5, 0.6) is 0 Å². The first-order chi connectivity index (χ1) is 10.7. The van der Waals surface area contributed by atoms with E-state index in [0.717, 1.165) is 44.5 Å². The summed E-state index contributed by atoms with van der Waals surface area (Å²) in [6, 6.07) is 0.592. The molecule has 0 aromatic carbocycles. The van der Waals surface area contributed by atoms with E-state index in [1.165, 1.54) is 6.42 Å². The van der Waals surface area contributed by atoms with E-state index in [4.69, 9.17) is 4.74 Å². The topological polar surface area (TPSA) is 58.6 Å². The molecule has 1 aliphatic heterocycles. The minimum absolute atomic E-state index is 0.184. The number of piperidine rings is 1. The Hall–Kier alpha value is -0.620. The Morgan fingerprint density at radius 1 is 1.39 bits per heavy atom. The highest BCUT2D eigenvalue weighted by atomic mass is 32.2. The van der Waals surface area contributed by atoms with Gasteiger partial charge >= 0.3 is 6.09 Å². The molecule has 5 nitrogen and oxygen atoms in total. The fraction of sp³-hybridized carbons (Fsp3) is 0.941. The van der Waals surface area contributed by atoms with Crippen molar-refractivity contribution in [3.05, 3.63) is 0 Å².